The predicted molar refractivity (Wildman–Crippen MR) is 167 cm³/mol. The van der Waals surface area contributed by atoms with Crippen LogP contribution >= 0.6 is 11.6 Å². The first-order chi connectivity index (χ1) is 21.4. The van der Waals surface area contributed by atoms with Crippen LogP contribution in [-0.4, -0.2) is 76.1 Å². The number of rotatable bonds is 6. The first kappa shape index (κ1) is 27.7. The van der Waals surface area contributed by atoms with E-state index in [4.69, 9.17) is 26.3 Å². The summed E-state index contributed by atoms with van der Waals surface area (Å²) in [6.07, 6.45) is 6.62. The normalized spacial score (nSPS) is 22.3. The smallest absolute Gasteiger partial charge is 0.319 e. The largest absolute Gasteiger partial charge is 0.461 e. The number of amides is 1. The summed E-state index contributed by atoms with van der Waals surface area (Å²) < 4.78 is 37.0. The highest BCUT2D eigenvalue weighted by atomic mass is 35.5. The fraction of sp³-hybridized carbons (Fsp3) is 0.382. The molecule has 1 amide bonds. The Kier molecular flexibility index (Phi) is 6.54. The van der Waals surface area contributed by atoms with Crippen LogP contribution < -0.4 is 9.64 Å². The molecule has 2 atom stereocenters. The fourth-order valence-electron chi connectivity index (χ4n) is 8.05. The molecule has 0 bridgehead atoms. The summed E-state index contributed by atoms with van der Waals surface area (Å²) in [5.41, 5.74) is 1.29. The highest BCUT2D eigenvalue weighted by molar-refractivity contribution is 6.37. The average molecular weight is 616 g/mol. The van der Waals surface area contributed by atoms with Gasteiger partial charge in [-0.25, -0.2) is 8.78 Å². The highest BCUT2D eigenvalue weighted by Crippen LogP contribution is 2.43. The Morgan fingerprint density at radius 1 is 1.05 bits per heavy atom. The molecule has 4 aliphatic heterocycles. The number of aromatic nitrogens is 2. The Labute approximate surface area is 259 Å². The number of carbonyl (C=O) groups excluding carboxylic acids is 1. The van der Waals surface area contributed by atoms with Crippen molar-refractivity contribution < 1.29 is 18.3 Å². The van der Waals surface area contributed by atoms with E-state index in [9.17, 15) is 9.18 Å². The topological polar surface area (TPSA) is 61.8 Å². The van der Waals surface area contributed by atoms with Crippen LogP contribution in [-0.2, 0) is 4.79 Å². The van der Waals surface area contributed by atoms with Gasteiger partial charge in [0.1, 0.15) is 24.1 Å². The van der Waals surface area contributed by atoms with Gasteiger partial charge in [-0.05, 0) is 80.4 Å². The summed E-state index contributed by atoms with van der Waals surface area (Å²) >= 11 is 6.43. The maximum Gasteiger partial charge on any atom is 0.319 e. The van der Waals surface area contributed by atoms with Crippen molar-refractivity contribution in [3.05, 3.63) is 71.8 Å². The number of hydrogen-bond acceptors (Lipinski definition) is 6. The quantitative estimate of drug-likeness (QED) is 0.235. The van der Waals surface area contributed by atoms with Crippen molar-refractivity contribution in [1.82, 2.24) is 19.8 Å². The Morgan fingerprint density at radius 2 is 1.86 bits per heavy atom. The van der Waals surface area contributed by atoms with Gasteiger partial charge in [0.05, 0.1) is 28.2 Å². The van der Waals surface area contributed by atoms with Crippen molar-refractivity contribution in [2.24, 2.45) is 0 Å². The van der Waals surface area contributed by atoms with E-state index < -0.39 is 11.6 Å². The van der Waals surface area contributed by atoms with E-state index in [0.717, 1.165) is 45.2 Å². The van der Waals surface area contributed by atoms with Crippen molar-refractivity contribution in [3.8, 4) is 17.1 Å². The van der Waals surface area contributed by atoms with E-state index >= 15 is 4.39 Å². The second-order valence-corrected chi connectivity index (χ2v) is 12.8. The third kappa shape index (κ3) is 4.19. The standard InChI is InChI=1S/C34H32ClF2N5O2/c1-2-29(43)41-15-10-27-28(41)18-42(27)32-23-16-25(37)22(21-7-3-6-20-8-9-24(36)31(35)30(20)21)17-26(23)38-33(39-32)44-19-34-11-4-13-40(34)14-5-12-34/h2-3,6-9,16-17,27-28H,1,4-5,10-15,18-19H2/t27?,28-/m1/s1. The minimum absolute atomic E-state index is 0.00900. The lowest BCUT2D eigenvalue weighted by atomic mass is 9.94. The van der Waals surface area contributed by atoms with Crippen LogP contribution in [0.2, 0.25) is 5.02 Å². The lowest BCUT2D eigenvalue weighted by Crippen LogP contribution is -2.63. The lowest BCUT2D eigenvalue weighted by Gasteiger charge is -2.47. The van der Waals surface area contributed by atoms with Gasteiger partial charge >= 0.3 is 6.01 Å². The summed E-state index contributed by atoms with van der Waals surface area (Å²) in [4.78, 5) is 28.6. The molecule has 8 rings (SSSR count). The molecule has 10 heteroatoms. The van der Waals surface area contributed by atoms with E-state index in [1.165, 1.54) is 18.2 Å². The van der Waals surface area contributed by atoms with Gasteiger partial charge in [-0.1, -0.05) is 42.4 Å². The third-order valence-electron chi connectivity index (χ3n) is 10.3. The number of anilines is 1. The summed E-state index contributed by atoms with van der Waals surface area (Å²) in [7, 11) is 0. The van der Waals surface area contributed by atoms with E-state index in [2.05, 4.69) is 16.4 Å². The number of likely N-dealkylation sites (tertiary alicyclic amines) is 1. The zero-order valence-corrected chi connectivity index (χ0v) is 25.0. The minimum atomic E-state index is -0.562. The molecule has 4 saturated heterocycles. The van der Waals surface area contributed by atoms with Crippen molar-refractivity contribution >= 4 is 45.0 Å². The Morgan fingerprint density at radius 3 is 2.66 bits per heavy atom. The number of benzene rings is 3. The highest BCUT2D eigenvalue weighted by Gasteiger charge is 2.49. The zero-order chi connectivity index (χ0) is 30.2. The van der Waals surface area contributed by atoms with Crippen LogP contribution in [0, 0.1) is 11.6 Å². The monoisotopic (exact) mass is 615 g/mol. The van der Waals surface area contributed by atoms with Crippen LogP contribution in [0.4, 0.5) is 14.6 Å². The minimum Gasteiger partial charge on any atom is -0.461 e. The van der Waals surface area contributed by atoms with Crippen LogP contribution in [0.3, 0.4) is 0 Å². The predicted octanol–water partition coefficient (Wildman–Crippen LogP) is 6.36. The lowest BCUT2D eigenvalue weighted by molar-refractivity contribution is -0.127. The first-order valence-electron chi connectivity index (χ1n) is 15.3. The van der Waals surface area contributed by atoms with Crippen LogP contribution in [0.25, 0.3) is 32.8 Å². The van der Waals surface area contributed by atoms with Gasteiger partial charge in [0.25, 0.3) is 0 Å². The number of halogens is 3. The van der Waals surface area contributed by atoms with E-state index in [1.54, 1.807) is 24.3 Å². The second-order valence-electron chi connectivity index (χ2n) is 12.5. The van der Waals surface area contributed by atoms with Gasteiger partial charge in [-0.2, -0.15) is 9.97 Å². The number of fused-ring (bicyclic) bond motifs is 4. The van der Waals surface area contributed by atoms with Gasteiger partial charge in [0.15, 0.2) is 0 Å². The number of carbonyl (C=O) groups is 1. The molecule has 0 saturated carbocycles. The summed E-state index contributed by atoms with van der Waals surface area (Å²) in [5.74, 6) is -0.527. The van der Waals surface area contributed by atoms with Gasteiger partial charge in [0, 0.05) is 29.4 Å². The van der Waals surface area contributed by atoms with E-state index in [1.807, 2.05) is 11.0 Å². The molecule has 1 unspecified atom stereocenters. The van der Waals surface area contributed by atoms with Gasteiger partial charge in [0.2, 0.25) is 5.91 Å². The molecular weight excluding hydrogens is 584 g/mol. The van der Waals surface area contributed by atoms with Crippen molar-refractivity contribution in [2.75, 3.05) is 37.7 Å². The molecule has 4 fully saturated rings. The first-order valence-corrected chi connectivity index (χ1v) is 15.7. The molecule has 0 spiro atoms. The third-order valence-corrected chi connectivity index (χ3v) is 10.6. The molecule has 7 nitrogen and oxygen atoms in total. The molecule has 0 aliphatic carbocycles. The van der Waals surface area contributed by atoms with Crippen LogP contribution in [0.5, 0.6) is 6.01 Å². The number of ether oxygens (including phenoxy) is 1. The fourth-order valence-corrected chi connectivity index (χ4v) is 8.32. The number of nitrogens with zero attached hydrogens (tertiary/aromatic N) is 5. The molecule has 4 aromatic rings. The van der Waals surface area contributed by atoms with E-state index in [-0.39, 0.29) is 40.1 Å². The molecule has 3 aromatic carbocycles. The Balaban J connectivity index is 1.23. The molecular formula is C34H32ClF2N5O2. The summed E-state index contributed by atoms with van der Waals surface area (Å²) in [6.45, 7) is 7.53. The molecule has 0 radical (unpaired) electrons. The maximum absolute atomic E-state index is 16.1. The maximum atomic E-state index is 16.1. The summed E-state index contributed by atoms with van der Waals surface area (Å²) in [5, 5.41) is 1.67. The molecule has 5 heterocycles. The zero-order valence-electron chi connectivity index (χ0n) is 24.2. The molecule has 226 valence electrons. The van der Waals surface area contributed by atoms with E-state index in [0.29, 0.717) is 52.8 Å². The van der Waals surface area contributed by atoms with Crippen molar-refractivity contribution in [1.29, 1.82) is 0 Å². The number of hydrogen-bond donors (Lipinski definition) is 0. The van der Waals surface area contributed by atoms with Crippen molar-refractivity contribution in [3.63, 3.8) is 0 Å². The average Bonchev–Trinajstić information content (AvgIpc) is 3.70. The van der Waals surface area contributed by atoms with Gasteiger partial charge < -0.3 is 14.5 Å². The molecule has 0 N–H and O–H groups in total. The van der Waals surface area contributed by atoms with Crippen LogP contribution in [0.1, 0.15) is 32.1 Å². The van der Waals surface area contributed by atoms with Crippen molar-refractivity contribution in [2.45, 2.75) is 49.7 Å². The molecule has 44 heavy (non-hydrogen) atoms. The Bertz CT molecular complexity index is 1840. The Hall–Kier alpha value is -3.82. The molecule has 1 aromatic heterocycles. The van der Waals surface area contributed by atoms with Gasteiger partial charge in [-0.3, -0.25) is 9.69 Å². The van der Waals surface area contributed by atoms with Crippen LogP contribution in [0.15, 0.2) is 55.1 Å². The second kappa shape index (κ2) is 10.4. The molecule has 4 aliphatic rings. The van der Waals surface area contributed by atoms with Gasteiger partial charge in [-0.15, -0.1) is 0 Å². The summed E-state index contributed by atoms with van der Waals surface area (Å²) in [6, 6.07) is 11.8. The SMILES string of the molecule is C=CC(=O)N1CCC2[C@H]1CN2c1nc(OCC23CCCN2CCC3)nc2cc(-c3cccc4ccc(F)c(Cl)c34)c(F)cc12.